The fraction of sp³-hybridized carbons (Fsp3) is 0.417. The first-order valence-electron chi connectivity index (χ1n) is 5.16. The molecule has 0 saturated heterocycles. The molecule has 5 heteroatoms. The lowest BCUT2D eigenvalue weighted by Gasteiger charge is -2.13. The summed E-state index contributed by atoms with van der Waals surface area (Å²) in [5, 5.41) is 0. The number of halogens is 3. The molecule has 0 spiro atoms. The molecule has 0 amide bonds. The molecule has 1 aromatic rings. The summed E-state index contributed by atoms with van der Waals surface area (Å²) in [5.41, 5.74) is 0.325. The van der Waals surface area contributed by atoms with Crippen LogP contribution in [0.4, 0.5) is 8.78 Å². The fourth-order valence-corrected chi connectivity index (χ4v) is 1.70. The maximum absolute atomic E-state index is 12.8. The molecule has 0 saturated carbocycles. The molecule has 1 unspecified atom stereocenters. The number of ether oxygens (including phenoxy) is 1. The van der Waals surface area contributed by atoms with Crippen molar-refractivity contribution in [2.45, 2.75) is 25.1 Å². The third kappa shape index (κ3) is 3.49. The van der Waals surface area contributed by atoms with Gasteiger partial charge in [-0.25, -0.2) is 8.78 Å². The zero-order valence-electron chi connectivity index (χ0n) is 9.54. The van der Waals surface area contributed by atoms with Crippen LogP contribution in [0, 0.1) is 0 Å². The number of rotatable bonds is 5. The van der Waals surface area contributed by atoms with Gasteiger partial charge in [-0.15, -0.1) is 0 Å². The molecule has 0 N–H and O–H groups in total. The highest BCUT2D eigenvalue weighted by molar-refractivity contribution is 9.09. The SMILES string of the molecule is CCOc1ccc(C(Br)C(C)=O)cc1C(F)F. The molecule has 2 nitrogen and oxygen atoms in total. The molecule has 0 heterocycles. The van der Waals surface area contributed by atoms with Crippen molar-refractivity contribution in [3.05, 3.63) is 29.3 Å². The molecule has 0 aliphatic rings. The van der Waals surface area contributed by atoms with Crippen LogP contribution in [0.5, 0.6) is 5.75 Å². The van der Waals surface area contributed by atoms with Crippen molar-refractivity contribution in [2.75, 3.05) is 6.61 Å². The molecule has 1 rings (SSSR count). The number of carbonyl (C=O) groups is 1. The second-order valence-corrected chi connectivity index (χ2v) is 4.42. The van der Waals surface area contributed by atoms with E-state index in [1.165, 1.54) is 19.1 Å². The predicted octanol–water partition coefficient (Wildman–Crippen LogP) is 4.05. The number of alkyl halides is 3. The fourth-order valence-electron chi connectivity index (χ4n) is 1.42. The summed E-state index contributed by atoms with van der Waals surface area (Å²) in [5.74, 6) is 0.0314. The minimum atomic E-state index is -2.62. The Morgan fingerprint density at radius 3 is 2.59 bits per heavy atom. The van der Waals surface area contributed by atoms with Crippen LogP contribution in [0.15, 0.2) is 18.2 Å². The van der Waals surface area contributed by atoms with Gasteiger partial charge in [-0.2, -0.15) is 0 Å². The Morgan fingerprint density at radius 2 is 2.12 bits per heavy atom. The minimum absolute atomic E-state index is 0.130. The second-order valence-electron chi connectivity index (χ2n) is 3.50. The van der Waals surface area contributed by atoms with Crippen LogP contribution >= 0.6 is 15.9 Å². The van der Waals surface area contributed by atoms with E-state index in [1.54, 1.807) is 13.0 Å². The summed E-state index contributed by atoms with van der Waals surface area (Å²) >= 11 is 3.16. The quantitative estimate of drug-likeness (QED) is 0.767. The summed E-state index contributed by atoms with van der Waals surface area (Å²) in [7, 11) is 0. The predicted molar refractivity (Wildman–Crippen MR) is 64.9 cm³/mol. The first-order valence-corrected chi connectivity index (χ1v) is 6.08. The molecule has 1 atom stereocenters. The monoisotopic (exact) mass is 306 g/mol. The summed E-state index contributed by atoms with van der Waals surface area (Å²) in [6.45, 7) is 3.45. The Kier molecular flexibility index (Phi) is 5.05. The average molecular weight is 307 g/mol. The largest absolute Gasteiger partial charge is 0.493 e. The highest BCUT2D eigenvalue weighted by Gasteiger charge is 2.19. The van der Waals surface area contributed by atoms with E-state index in [-0.39, 0.29) is 17.1 Å². The Hall–Kier alpha value is -0.970. The highest BCUT2D eigenvalue weighted by atomic mass is 79.9. The Labute approximate surface area is 107 Å². The van der Waals surface area contributed by atoms with E-state index in [1.807, 2.05) is 0 Å². The lowest BCUT2D eigenvalue weighted by molar-refractivity contribution is -0.116. The molecule has 0 fully saturated rings. The summed E-state index contributed by atoms with van der Waals surface area (Å²) < 4.78 is 30.7. The molecule has 0 bridgehead atoms. The minimum Gasteiger partial charge on any atom is -0.493 e. The van der Waals surface area contributed by atoms with E-state index < -0.39 is 11.3 Å². The van der Waals surface area contributed by atoms with Crippen LogP contribution in [0.2, 0.25) is 0 Å². The number of Topliss-reactive ketones (excluding diaryl/α,β-unsaturated/α-hetero) is 1. The molecule has 0 radical (unpaired) electrons. The smallest absolute Gasteiger partial charge is 0.267 e. The molecule has 17 heavy (non-hydrogen) atoms. The van der Waals surface area contributed by atoms with Crippen LogP contribution in [-0.4, -0.2) is 12.4 Å². The third-order valence-corrected chi connectivity index (χ3v) is 3.39. The van der Waals surface area contributed by atoms with Gasteiger partial charge in [-0.3, -0.25) is 4.79 Å². The highest BCUT2D eigenvalue weighted by Crippen LogP contribution is 2.34. The Morgan fingerprint density at radius 1 is 1.47 bits per heavy atom. The van der Waals surface area contributed by atoms with E-state index in [0.717, 1.165) is 0 Å². The number of hydrogen-bond acceptors (Lipinski definition) is 2. The van der Waals surface area contributed by atoms with Crippen LogP contribution in [0.1, 0.15) is 36.2 Å². The zero-order chi connectivity index (χ0) is 13.0. The number of hydrogen-bond donors (Lipinski definition) is 0. The van der Waals surface area contributed by atoms with Crippen molar-refractivity contribution in [2.24, 2.45) is 0 Å². The van der Waals surface area contributed by atoms with E-state index >= 15 is 0 Å². The van der Waals surface area contributed by atoms with E-state index in [2.05, 4.69) is 15.9 Å². The summed E-state index contributed by atoms with van der Waals surface area (Å²) in [4.78, 5) is 10.6. The molecule has 94 valence electrons. The van der Waals surface area contributed by atoms with Gasteiger partial charge in [0.05, 0.1) is 17.0 Å². The standard InChI is InChI=1S/C12H13BrF2O2/c1-3-17-10-5-4-8(11(13)7(2)16)6-9(10)12(14)15/h4-6,11-12H,3H2,1-2H3. The second kappa shape index (κ2) is 6.10. The van der Waals surface area contributed by atoms with Gasteiger partial charge in [0, 0.05) is 0 Å². The van der Waals surface area contributed by atoms with Gasteiger partial charge in [-0.05, 0) is 31.5 Å². The molecule has 1 aromatic carbocycles. The average Bonchev–Trinajstić information content (AvgIpc) is 2.28. The van der Waals surface area contributed by atoms with Gasteiger partial charge in [0.25, 0.3) is 6.43 Å². The van der Waals surface area contributed by atoms with Crippen molar-refractivity contribution >= 4 is 21.7 Å². The third-order valence-electron chi connectivity index (χ3n) is 2.22. The molecule has 0 aromatic heterocycles. The first-order chi connectivity index (χ1) is 7.97. The summed E-state index contributed by atoms with van der Waals surface area (Å²) in [6.07, 6.45) is -2.62. The van der Waals surface area contributed by atoms with Crippen LogP contribution in [0.3, 0.4) is 0 Å². The van der Waals surface area contributed by atoms with Gasteiger partial charge >= 0.3 is 0 Å². The van der Waals surface area contributed by atoms with Crippen molar-refractivity contribution < 1.29 is 18.3 Å². The topological polar surface area (TPSA) is 26.3 Å². The van der Waals surface area contributed by atoms with E-state index in [9.17, 15) is 13.6 Å². The van der Waals surface area contributed by atoms with Crippen molar-refractivity contribution in [3.8, 4) is 5.75 Å². The first kappa shape index (κ1) is 14.1. The van der Waals surface area contributed by atoms with Gasteiger partial charge in [0.1, 0.15) is 11.5 Å². The van der Waals surface area contributed by atoms with Crippen molar-refractivity contribution in [1.82, 2.24) is 0 Å². The molecular weight excluding hydrogens is 294 g/mol. The van der Waals surface area contributed by atoms with Crippen LogP contribution in [0.25, 0.3) is 0 Å². The number of carbonyl (C=O) groups excluding carboxylic acids is 1. The van der Waals surface area contributed by atoms with Gasteiger partial charge in [0.15, 0.2) is 0 Å². The van der Waals surface area contributed by atoms with Crippen molar-refractivity contribution in [3.63, 3.8) is 0 Å². The zero-order valence-corrected chi connectivity index (χ0v) is 11.1. The molecular formula is C12H13BrF2O2. The van der Waals surface area contributed by atoms with Gasteiger partial charge < -0.3 is 4.74 Å². The number of benzene rings is 1. The Balaban J connectivity index is 3.13. The van der Waals surface area contributed by atoms with Crippen LogP contribution in [-0.2, 0) is 4.79 Å². The number of ketones is 1. The van der Waals surface area contributed by atoms with E-state index in [4.69, 9.17) is 4.74 Å². The summed E-state index contributed by atoms with van der Waals surface area (Å²) in [6, 6.07) is 4.38. The van der Waals surface area contributed by atoms with Crippen molar-refractivity contribution in [1.29, 1.82) is 0 Å². The van der Waals surface area contributed by atoms with Gasteiger partial charge in [0.2, 0.25) is 0 Å². The normalized spacial score (nSPS) is 12.6. The van der Waals surface area contributed by atoms with Crippen LogP contribution < -0.4 is 4.74 Å². The van der Waals surface area contributed by atoms with Gasteiger partial charge in [-0.1, -0.05) is 22.0 Å². The Bertz CT molecular complexity index is 407. The van der Waals surface area contributed by atoms with E-state index in [0.29, 0.717) is 12.2 Å². The lowest BCUT2D eigenvalue weighted by Crippen LogP contribution is -2.03. The molecule has 0 aliphatic heterocycles. The maximum Gasteiger partial charge on any atom is 0.267 e. The molecule has 0 aliphatic carbocycles. The maximum atomic E-state index is 12.8. The lowest BCUT2D eigenvalue weighted by atomic mass is 10.1.